The number of rotatable bonds is 3. The number of hydrogen-bond acceptors (Lipinski definition) is 4. The maximum Gasteiger partial charge on any atom is 0.278 e. The lowest BCUT2D eigenvalue weighted by atomic mass is 10.1. The molecule has 1 aromatic heterocycles. The highest BCUT2D eigenvalue weighted by Gasteiger charge is 2.23. The van der Waals surface area contributed by atoms with Gasteiger partial charge in [-0.3, -0.25) is 4.79 Å². The third-order valence-corrected chi connectivity index (χ3v) is 4.47. The monoisotopic (exact) mass is 302 g/mol. The summed E-state index contributed by atoms with van der Waals surface area (Å²) in [7, 11) is 0. The van der Waals surface area contributed by atoms with E-state index in [0.29, 0.717) is 5.69 Å². The number of aromatic nitrogens is 1. The molecule has 0 radical (unpaired) electrons. The Labute approximate surface area is 128 Å². The number of nitrogens with zero attached hydrogens (tertiary/aromatic N) is 1. The van der Waals surface area contributed by atoms with Gasteiger partial charge in [0.25, 0.3) is 5.91 Å². The summed E-state index contributed by atoms with van der Waals surface area (Å²) < 4.78 is 5.36. The summed E-state index contributed by atoms with van der Waals surface area (Å²) in [6, 6.07) is 7.80. The van der Waals surface area contributed by atoms with Crippen LogP contribution in [0.4, 0.5) is 5.69 Å². The van der Waals surface area contributed by atoms with Gasteiger partial charge in [-0.15, -0.1) is 11.8 Å². The van der Waals surface area contributed by atoms with Crippen LogP contribution in [-0.4, -0.2) is 17.3 Å². The minimum Gasteiger partial charge on any atom is -0.360 e. The van der Waals surface area contributed by atoms with Crippen LogP contribution in [0.2, 0.25) is 0 Å². The molecule has 21 heavy (non-hydrogen) atoms. The van der Waals surface area contributed by atoms with E-state index in [1.807, 2.05) is 30.5 Å². The largest absolute Gasteiger partial charge is 0.360 e. The summed E-state index contributed by atoms with van der Waals surface area (Å²) in [6.45, 7) is 0. The van der Waals surface area contributed by atoms with Gasteiger partial charge in [-0.05, 0) is 43.7 Å². The summed E-state index contributed by atoms with van der Waals surface area (Å²) >= 11 is 1.65. The molecule has 0 aliphatic heterocycles. The molecule has 1 amide bonds. The Bertz CT molecular complexity index is 651. The molecule has 0 fully saturated rings. The van der Waals surface area contributed by atoms with Gasteiger partial charge in [0.15, 0.2) is 5.69 Å². The predicted octanol–water partition coefficient (Wildman–Crippen LogP) is 3.92. The molecule has 5 heteroatoms. The van der Waals surface area contributed by atoms with Gasteiger partial charge < -0.3 is 9.84 Å². The van der Waals surface area contributed by atoms with Gasteiger partial charge in [-0.25, -0.2) is 0 Å². The Morgan fingerprint density at radius 3 is 3.00 bits per heavy atom. The third kappa shape index (κ3) is 3.13. The Hall–Kier alpha value is -1.75. The first-order valence-corrected chi connectivity index (χ1v) is 8.43. The summed E-state index contributed by atoms with van der Waals surface area (Å²) in [6.07, 6.45) is 7.17. The molecule has 1 aliphatic carbocycles. The summed E-state index contributed by atoms with van der Waals surface area (Å²) in [5, 5.41) is 6.90. The minimum absolute atomic E-state index is 0.180. The number of nitrogens with one attached hydrogen (secondary N) is 1. The molecule has 110 valence electrons. The van der Waals surface area contributed by atoms with Crippen molar-refractivity contribution in [3.05, 3.63) is 41.3 Å². The van der Waals surface area contributed by atoms with Crippen LogP contribution < -0.4 is 5.32 Å². The molecule has 0 bridgehead atoms. The molecule has 3 rings (SSSR count). The second kappa shape index (κ2) is 6.35. The topological polar surface area (TPSA) is 55.1 Å². The van der Waals surface area contributed by atoms with E-state index in [9.17, 15) is 4.79 Å². The van der Waals surface area contributed by atoms with Crippen LogP contribution in [0.25, 0.3) is 0 Å². The van der Waals surface area contributed by atoms with Gasteiger partial charge in [0.05, 0.1) is 0 Å². The summed E-state index contributed by atoms with van der Waals surface area (Å²) in [5.74, 6) is 0.704. The van der Waals surface area contributed by atoms with Crippen molar-refractivity contribution in [2.45, 2.75) is 37.0 Å². The van der Waals surface area contributed by atoms with E-state index < -0.39 is 0 Å². The van der Waals surface area contributed by atoms with Crippen LogP contribution >= 0.6 is 11.8 Å². The van der Waals surface area contributed by atoms with Gasteiger partial charge in [0.2, 0.25) is 0 Å². The zero-order valence-corrected chi connectivity index (χ0v) is 12.8. The van der Waals surface area contributed by atoms with Crippen molar-refractivity contribution < 1.29 is 9.32 Å². The molecule has 1 heterocycles. The van der Waals surface area contributed by atoms with Gasteiger partial charge in [-0.2, -0.15) is 0 Å². The molecule has 1 N–H and O–H groups in total. The van der Waals surface area contributed by atoms with E-state index in [1.165, 1.54) is 6.42 Å². The van der Waals surface area contributed by atoms with Crippen molar-refractivity contribution in [2.24, 2.45) is 0 Å². The molecule has 0 saturated carbocycles. The standard InChI is InChI=1S/C16H18N2O2S/c1-21-12-7-5-6-11(10-12)17-16(19)15-13-8-3-2-4-9-14(13)20-18-15/h5-7,10H,2-4,8-9H2,1H3,(H,17,19). The Morgan fingerprint density at radius 2 is 2.14 bits per heavy atom. The highest BCUT2D eigenvalue weighted by atomic mass is 32.2. The summed E-state index contributed by atoms with van der Waals surface area (Å²) in [5.41, 5.74) is 2.23. The van der Waals surface area contributed by atoms with Crippen LogP contribution in [0.5, 0.6) is 0 Å². The SMILES string of the molecule is CSc1cccc(NC(=O)c2noc3c2CCCCC3)c1. The average molecular weight is 302 g/mol. The van der Waals surface area contributed by atoms with Crippen molar-refractivity contribution in [1.82, 2.24) is 5.16 Å². The lowest BCUT2D eigenvalue weighted by Gasteiger charge is -2.05. The zero-order chi connectivity index (χ0) is 14.7. The number of anilines is 1. The smallest absolute Gasteiger partial charge is 0.278 e. The Morgan fingerprint density at radius 1 is 1.29 bits per heavy atom. The fourth-order valence-electron chi connectivity index (χ4n) is 2.63. The third-order valence-electron chi connectivity index (χ3n) is 3.74. The van der Waals surface area contributed by atoms with Crippen LogP contribution in [0.15, 0.2) is 33.7 Å². The number of fused-ring (bicyclic) bond motifs is 1. The van der Waals surface area contributed by atoms with Crippen molar-refractivity contribution in [2.75, 3.05) is 11.6 Å². The first-order valence-electron chi connectivity index (χ1n) is 7.21. The molecule has 0 atom stereocenters. The fraction of sp³-hybridized carbons (Fsp3) is 0.375. The highest BCUT2D eigenvalue weighted by Crippen LogP contribution is 2.25. The van der Waals surface area contributed by atoms with Crippen LogP contribution in [0.1, 0.15) is 41.1 Å². The number of aryl methyl sites for hydroxylation is 1. The molecule has 4 nitrogen and oxygen atoms in total. The number of benzene rings is 1. The van der Waals surface area contributed by atoms with E-state index in [0.717, 1.165) is 47.6 Å². The highest BCUT2D eigenvalue weighted by molar-refractivity contribution is 7.98. The molecular weight excluding hydrogens is 284 g/mol. The number of thioether (sulfide) groups is 1. The minimum atomic E-state index is -0.180. The molecule has 0 saturated heterocycles. The van der Waals surface area contributed by atoms with E-state index in [4.69, 9.17) is 4.52 Å². The lowest BCUT2D eigenvalue weighted by Crippen LogP contribution is -2.14. The molecule has 1 aliphatic rings. The number of carbonyl (C=O) groups is 1. The van der Waals surface area contributed by atoms with Gasteiger partial charge in [-0.1, -0.05) is 17.6 Å². The van der Waals surface area contributed by atoms with Gasteiger partial charge in [0.1, 0.15) is 5.76 Å². The normalized spacial score (nSPS) is 14.3. The quantitative estimate of drug-likeness (QED) is 0.689. The fourth-order valence-corrected chi connectivity index (χ4v) is 3.09. The molecule has 0 spiro atoms. The first kappa shape index (κ1) is 14.2. The van der Waals surface area contributed by atoms with Crippen molar-refractivity contribution in [1.29, 1.82) is 0 Å². The Kier molecular flexibility index (Phi) is 4.29. The molecule has 0 unspecified atom stereocenters. The van der Waals surface area contributed by atoms with Crippen LogP contribution in [0.3, 0.4) is 0 Å². The number of amides is 1. The van der Waals surface area contributed by atoms with Crippen LogP contribution in [-0.2, 0) is 12.8 Å². The van der Waals surface area contributed by atoms with E-state index >= 15 is 0 Å². The maximum atomic E-state index is 12.4. The van der Waals surface area contributed by atoms with Gasteiger partial charge in [0, 0.05) is 22.6 Å². The number of carbonyl (C=O) groups excluding carboxylic acids is 1. The van der Waals surface area contributed by atoms with Crippen molar-refractivity contribution >= 4 is 23.4 Å². The summed E-state index contributed by atoms with van der Waals surface area (Å²) in [4.78, 5) is 13.5. The van der Waals surface area contributed by atoms with Gasteiger partial charge >= 0.3 is 0 Å². The second-order valence-corrected chi connectivity index (χ2v) is 6.06. The van der Waals surface area contributed by atoms with Crippen molar-refractivity contribution in [3.8, 4) is 0 Å². The lowest BCUT2D eigenvalue weighted by molar-refractivity contribution is 0.101. The first-order chi connectivity index (χ1) is 10.3. The van der Waals surface area contributed by atoms with Crippen LogP contribution in [0, 0.1) is 0 Å². The molecule has 1 aromatic carbocycles. The van der Waals surface area contributed by atoms with E-state index in [-0.39, 0.29) is 5.91 Å². The van der Waals surface area contributed by atoms with E-state index in [1.54, 1.807) is 11.8 Å². The zero-order valence-electron chi connectivity index (χ0n) is 12.0. The second-order valence-electron chi connectivity index (χ2n) is 5.18. The average Bonchev–Trinajstić information content (AvgIpc) is 2.76. The Balaban J connectivity index is 1.80. The molecular formula is C16H18N2O2S. The number of hydrogen-bond donors (Lipinski definition) is 1. The van der Waals surface area contributed by atoms with E-state index in [2.05, 4.69) is 10.5 Å². The maximum absolute atomic E-state index is 12.4. The molecule has 2 aromatic rings. The predicted molar refractivity (Wildman–Crippen MR) is 83.9 cm³/mol. The van der Waals surface area contributed by atoms with Crippen molar-refractivity contribution in [3.63, 3.8) is 0 Å².